The molecule has 1 aromatic heterocycles. The highest BCUT2D eigenvalue weighted by atomic mass is 16.5. The second kappa shape index (κ2) is 5.60. The summed E-state index contributed by atoms with van der Waals surface area (Å²) >= 11 is 0. The van der Waals surface area contributed by atoms with Crippen LogP contribution >= 0.6 is 0 Å². The second-order valence-electron chi connectivity index (χ2n) is 7.52. The highest BCUT2D eigenvalue weighted by Crippen LogP contribution is 2.50. The maximum atomic E-state index is 6.62. The molecule has 0 saturated heterocycles. The Kier molecular flexibility index (Phi) is 3.35. The third-order valence-corrected chi connectivity index (χ3v) is 5.85. The molecule has 1 aliphatic carbocycles. The van der Waals surface area contributed by atoms with Gasteiger partial charge in [0.25, 0.3) is 0 Å². The Morgan fingerprint density at radius 2 is 2.00 bits per heavy atom. The number of pyridine rings is 1. The van der Waals surface area contributed by atoms with E-state index in [0.717, 1.165) is 35.8 Å². The van der Waals surface area contributed by atoms with Crippen LogP contribution in [-0.2, 0) is 0 Å². The summed E-state index contributed by atoms with van der Waals surface area (Å²) in [6.07, 6.45) is 10.6. The van der Waals surface area contributed by atoms with E-state index in [4.69, 9.17) is 4.74 Å². The minimum atomic E-state index is -0.258. The number of aromatic nitrogens is 1. The van der Waals surface area contributed by atoms with Gasteiger partial charge in [0.2, 0.25) is 0 Å². The van der Waals surface area contributed by atoms with Gasteiger partial charge < -0.3 is 10.2 Å². The van der Waals surface area contributed by atoms with Crippen LogP contribution in [0.4, 0.5) is 0 Å². The number of benzene rings is 1. The molecular formula is C21H23N3O. The van der Waals surface area contributed by atoms with E-state index >= 15 is 0 Å². The van der Waals surface area contributed by atoms with Crippen molar-refractivity contribution in [1.29, 1.82) is 0 Å². The minimum absolute atomic E-state index is 0.202. The summed E-state index contributed by atoms with van der Waals surface area (Å²) in [5.74, 6) is 1.81. The van der Waals surface area contributed by atoms with Gasteiger partial charge >= 0.3 is 0 Å². The van der Waals surface area contributed by atoms with Crippen LogP contribution in [0.2, 0.25) is 0 Å². The Bertz CT molecular complexity index is 809. The highest BCUT2D eigenvalue weighted by molar-refractivity contribution is 5.67. The molecule has 5 rings (SSSR count). The molecule has 25 heavy (non-hydrogen) atoms. The third-order valence-electron chi connectivity index (χ3n) is 5.85. The Labute approximate surface area is 148 Å². The number of nitrogens with zero attached hydrogens (tertiary/aromatic N) is 2. The van der Waals surface area contributed by atoms with Gasteiger partial charge in [-0.25, -0.2) is 0 Å². The summed E-state index contributed by atoms with van der Waals surface area (Å²) in [5.41, 5.74) is 6.87. The van der Waals surface area contributed by atoms with Crippen LogP contribution in [0.25, 0.3) is 5.70 Å². The van der Waals surface area contributed by atoms with Gasteiger partial charge in [0.15, 0.2) is 5.72 Å². The van der Waals surface area contributed by atoms with E-state index < -0.39 is 0 Å². The van der Waals surface area contributed by atoms with Gasteiger partial charge in [0.05, 0.1) is 11.7 Å². The molecule has 1 N–H and O–H groups in total. The monoisotopic (exact) mass is 333 g/mol. The first-order chi connectivity index (χ1) is 12.3. The molecule has 4 heteroatoms. The predicted octanol–water partition coefficient (Wildman–Crippen LogP) is 4.28. The van der Waals surface area contributed by atoms with Crippen LogP contribution in [0.3, 0.4) is 0 Å². The van der Waals surface area contributed by atoms with Gasteiger partial charge in [0, 0.05) is 36.4 Å². The summed E-state index contributed by atoms with van der Waals surface area (Å²) < 4.78 is 6.62. The number of para-hydroxylation sites is 1. The first-order valence-corrected chi connectivity index (χ1v) is 9.21. The quantitative estimate of drug-likeness (QED) is 0.845. The summed E-state index contributed by atoms with van der Waals surface area (Å²) in [4.78, 5) is 4.27. The SMILES string of the molecule is CC1CCC2(CC1)Oc1ccccc1[C@H]1C=C(c3cccnc3)NN12. The zero-order valence-corrected chi connectivity index (χ0v) is 14.5. The van der Waals surface area contributed by atoms with Crippen molar-refractivity contribution in [1.82, 2.24) is 15.4 Å². The summed E-state index contributed by atoms with van der Waals surface area (Å²) in [5, 5.41) is 2.35. The van der Waals surface area contributed by atoms with Crippen LogP contribution < -0.4 is 10.2 Å². The summed E-state index contributed by atoms with van der Waals surface area (Å²) in [7, 11) is 0. The third kappa shape index (κ3) is 2.35. The molecule has 1 fully saturated rings. The first-order valence-electron chi connectivity index (χ1n) is 9.21. The fraction of sp³-hybridized carbons (Fsp3) is 0.381. The number of rotatable bonds is 1. The fourth-order valence-electron chi connectivity index (χ4n) is 4.36. The zero-order chi connectivity index (χ0) is 16.9. The molecule has 3 heterocycles. The van der Waals surface area contributed by atoms with Gasteiger partial charge in [-0.15, -0.1) is 0 Å². The lowest BCUT2D eigenvalue weighted by Crippen LogP contribution is -2.60. The van der Waals surface area contributed by atoms with Crippen molar-refractivity contribution in [2.24, 2.45) is 5.92 Å². The van der Waals surface area contributed by atoms with Crippen LogP contribution in [0.15, 0.2) is 54.9 Å². The maximum absolute atomic E-state index is 6.62. The van der Waals surface area contributed by atoms with Gasteiger partial charge in [0.1, 0.15) is 5.75 Å². The Balaban J connectivity index is 1.58. The van der Waals surface area contributed by atoms with Crippen LogP contribution in [0.1, 0.15) is 49.8 Å². The van der Waals surface area contributed by atoms with Gasteiger partial charge in [-0.2, -0.15) is 5.01 Å². The van der Waals surface area contributed by atoms with E-state index in [1.165, 1.54) is 18.4 Å². The number of hydrogen-bond donors (Lipinski definition) is 1. The van der Waals surface area contributed by atoms with Crippen molar-refractivity contribution in [3.8, 4) is 5.75 Å². The average molecular weight is 333 g/mol. The van der Waals surface area contributed by atoms with Gasteiger partial charge in [-0.3, -0.25) is 4.98 Å². The lowest BCUT2D eigenvalue weighted by Gasteiger charge is -2.51. The first kappa shape index (κ1) is 15.0. The Morgan fingerprint density at radius 1 is 1.16 bits per heavy atom. The molecular weight excluding hydrogens is 310 g/mol. The van der Waals surface area contributed by atoms with E-state index in [0.29, 0.717) is 0 Å². The molecule has 0 amide bonds. The lowest BCUT2D eigenvalue weighted by molar-refractivity contribution is -0.155. The van der Waals surface area contributed by atoms with E-state index in [2.05, 4.69) is 58.8 Å². The minimum Gasteiger partial charge on any atom is -0.471 e. The zero-order valence-electron chi connectivity index (χ0n) is 14.5. The Hall–Kier alpha value is -2.33. The number of nitrogens with one attached hydrogen (secondary N) is 1. The molecule has 1 aromatic carbocycles. The molecule has 0 unspecified atom stereocenters. The standard InChI is InChI=1S/C21H23N3O/c1-15-8-10-21(11-9-15)24-19(17-6-2-3-7-20(17)25-21)13-18(23-24)16-5-4-12-22-14-16/h2-7,12-15,19,23H,8-11H2,1H3/t15?,19-,21?/m1/s1. The predicted molar refractivity (Wildman–Crippen MR) is 97.4 cm³/mol. The highest BCUT2D eigenvalue weighted by Gasteiger charge is 2.51. The topological polar surface area (TPSA) is 37.4 Å². The van der Waals surface area contributed by atoms with Gasteiger partial charge in [-0.05, 0) is 43.0 Å². The Morgan fingerprint density at radius 3 is 2.80 bits per heavy atom. The summed E-state index contributed by atoms with van der Waals surface area (Å²) in [6.45, 7) is 2.35. The number of hydrogen-bond acceptors (Lipinski definition) is 4. The van der Waals surface area contributed by atoms with E-state index in [-0.39, 0.29) is 11.8 Å². The molecule has 1 spiro atoms. The van der Waals surface area contributed by atoms with Crippen LogP contribution in [0, 0.1) is 5.92 Å². The molecule has 1 saturated carbocycles. The largest absolute Gasteiger partial charge is 0.471 e. The molecule has 1 atom stereocenters. The molecule has 2 aliphatic heterocycles. The second-order valence-corrected chi connectivity index (χ2v) is 7.52. The van der Waals surface area contributed by atoms with Crippen molar-refractivity contribution in [2.75, 3.05) is 0 Å². The van der Waals surface area contributed by atoms with Crippen molar-refractivity contribution < 1.29 is 4.74 Å². The van der Waals surface area contributed by atoms with Crippen molar-refractivity contribution >= 4 is 5.70 Å². The fourth-order valence-corrected chi connectivity index (χ4v) is 4.36. The molecule has 4 nitrogen and oxygen atoms in total. The summed E-state index contributed by atoms with van der Waals surface area (Å²) in [6, 6.07) is 12.7. The maximum Gasteiger partial charge on any atom is 0.180 e. The van der Waals surface area contributed by atoms with Crippen molar-refractivity contribution in [3.05, 3.63) is 66.0 Å². The molecule has 3 aliphatic rings. The molecule has 2 aromatic rings. The van der Waals surface area contributed by atoms with Crippen molar-refractivity contribution in [2.45, 2.75) is 44.4 Å². The normalized spacial score (nSPS) is 30.8. The lowest BCUT2D eigenvalue weighted by atomic mass is 9.82. The number of fused-ring (bicyclic) bond motifs is 4. The average Bonchev–Trinajstić information content (AvgIpc) is 3.12. The van der Waals surface area contributed by atoms with E-state index in [1.54, 1.807) is 0 Å². The van der Waals surface area contributed by atoms with Crippen LogP contribution in [0.5, 0.6) is 5.75 Å². The number of hydrazine groups is 1. The molecule has 0 bridgehead atoms. The van der Waals surface area contributed by atoms with E-state index in [1.807, 2.05) is 18.5 Å². The van der Waals surface area contributed by atoms with Gasteiger partial charge in [-0.1, -0.05) is 25.1 Å². The molecule has 0 radical (unpaired) electrons. The molecule has 128 valence electrons. The number of ether oxygens (including phenoxy) is 1. The van der Waals surface area contributed by atoms with Crippen LogP contribution in [-0.4, -0.2) is 15.7 Å². The van der Waals surface area contributed by atoms with Crippen molar-refractivity contribution in [3.63, 3.8) is 0 Å². The van der Waals surface area contributed by atoms with E-state index in [9.17, 15) is 0 Å². The smallest absolute Gasteiger partial charge is 0.180 e.